The second kappa shape index (κ2) is 3.93. The minimum absolute atomic E-state index is 0.0734. The molecule has 3 N–H and O–H groups in total. The van der Waals surface area contributed by atoms with Crippen molar-refractivity contribution < 1.29 is 4.74 Å². The first-order chi connectivity index (χ1) is 7.16. The molecule has 1 aromatic carbocycles. The van der Waals surface area contributed by atoms with Crippen molar-refractivity contribution in [3.8, 4) is 5.75 Å². The largest absolute Gasteiger partial charge is 0.490 e. The first-order valence-corrected chi connectivity index (χ1v) is 5.28. The Hall–Kier alpha value is -1.51. The van der Waals surface area contributed by atoms with Gasteiger partial charge in [-0.15, -0.1) is 0 Å². The van der Waals surface area contributed by atoms with Gasteiger partial charge < -0.3 is 10.5 Å². The number of hydrogen-bond acceptors (Lipinski definition) is 2. The molecule has 0 bridgehead atoms. The van der Waals surface area contributed by atoms with Gasteiger partial charge in [0.05, 0.1) is 11.7 Å². The Morgan fingerprint density at radius 1 is 1.47 bits per heavy atom. The van der Waals surface area contributed by atoms with Gasteiger partial charge in [0.25, 0.3) is 0 Å². The van der Waals surface area contributed by atoms with Crippen molar-refractivity contribution in [3.63, 3.8) is 0 Å². The smallest absolute Gasteiger partial charge is 0.130 e. The molecule has 0 aromatic heterocycles. The van der Waals surface area contributed by atoms with E-state index in [1.807, 2.05) is 25.1 Å². The van der Waals surface area contributed by atoms with E-state index in [1.165, 1.54) is 6.42 Å². The Kier molecular flexibility index (Phi) is 2.62. The van der Waals surface area contributed by atoms with E-state index in [0.29, 0.717) is 11.7 Å². The van der Waals surface area contributed by atoms with Crippen molar-refractivity contribution in [1.82, 2.24) is 0 Å². The second-order valence-corrected chi connectivity index (χ2v) is 4.08. The molecule has 0 saturated heterocycles. The van der Waals surface area contributed by atoms with E-state index in [1.54, 1.807) is 0 Å². The maximum atomic E-state index is 7.46. The predicted molar refractivity (Wildman–Crippen MR) is 60.5 cm³/mol. The van der Waals surface area contributed by atoms with Gasteiger partial charge in [-0.25, -0.2) is 0 Å². The van der Waals surface area contributed by atoms with Crippen molar-refractivity contribution in [1.29, 1.82) is 5.41 Å². The van der Waals surface area contributed by atoms with E-state index in [9.17, 15) is 0 Å². The Morgan fingerprint density at radius 3 is 2.73 bits per heavy atom. The maximum Gasteiger partial charge on any atom is 0.130 e. The summed E-state index contributed by atoms with van der Waals surface area (Å²) in [6.45, 7) is 2.01. The maximum absolute atomic E-state index is 7.46. The lowest BCUT2D eigenvalue weighted by atomic mass is 9.96. The van der Waals surface area contributed by atoms with E-state index in [-0.39, 0.29) is 5.84 Å². The van der Waals surface area contributed by atoms with Gasteiger partial charge in [-0.05, 0) is 43.9 Å². The molecule has 1 aromatic rings. The molecule has 80 valence electrons. The number of ether oxygens (including phenoxy) is 1. The molecule has 1 fully saturated rings. The third kappa shape index (κ3) is 2.12. The van der Waals surface area contributed by atoms with Crippen LogP contribution in [0.25, 0.3) is 0 Å². The molecule has 2 rings (SSSR count). The van der Waals surface area contributed by atoms with Crippen LogP contribution < -0.4 is 10.5 Å². The summed E-state index contributed by atoms with van der Waals surface area (Å²) in [6.07, 6.45) is 3.80. The van der Waals surface area contributed by atoms with E-state index >= 15 is 0 Å². The van der Waals surface area contributed by atoms with Crippen LogP contribution in [-0.2, 0) is 0 Å². The molecule has 1 aliphatic rings. The van der Waals surface area contributed by atoms with Crippen molar-refractivity contribution in [2.24, 2.45) is 5.73 Å². The fourth-order valence-corrected chi connectivity index (χ4v) is 1.62. The van der Waals surface area contributed by atoms with Crippen LogP contribution in [0.2, 0.25) is 0 Å². The van der Waals surface area contributed by atoms with Gasteiger partial charge in [-0.1, -0.05) is 6.07 Å². The molecule has 1 saturated carbocycles. The lowest BCUT2D eigenvalue weighted by Gasteiger charge is -2.27. The zero-order valence-corrected chi connectivity index (χ0v) is 8.92. The van der Waals surface area contributed by atoms with Crippen LogP contribution in [0.4, 0.5) is 0 Å². The molecule has 0 atom stereocenters. The standard InChI is InChI=1S/C12H16N2O/c1-8-5-6-10(12(13)14)11(7-8)15-9-3-2-4-9/h5-7,9H,2-4H2,1H3,(H3,13,14). The summed E-state index contributed by atoms with van der Waals surface area (Å²) in [6, 6.07) is 5.76. The predicted octanol–water partition coefficient (Wildman–Crippen LogP) is 2.21. The van der Waals surface area contributed by atoms with E-state index < -0.39 is 0 Å². The molecule has 0 unspecified atom stereocenters. The number of nitrogens with one attached hydrogen (secondary N) is 1. The van der Waals surface area contributed by atoms with Gasteiger partial charge >= 0.3 is 0 Å². The number of nitrogens with two attached hydrogens (primary N) is 1. The van der Waals surface area contributed by atoms with Crippen molar-refractivity contribution in [2.75, 3.05) is 0 Å². The molecule has 0 heterocycles. The molecule has 15 heavy (non-hydrogen) atoms. The first kappa shape index (κ1) is 10.0. The molecule has 0 aliphatic heterocycles. The summed E-state index contributed by atoms with van der Waals surface area (Å²) in [5.41, 5.74) is 7.34. The monoisotopic (exact) mass is 204 g/mol. The molecule has 0 spiro atoms. The zero-order chi connectivity index (χ0) is 10.8. The molecular weight excluding hydrogens is 188 g/mol. The highest BCUT2D eigenvalue weighted by atomic mass is 16.5. The third-order valence-electron chi connectivity index (χ3n) is 2.77. The highest BCUT2D eigenvalue weighted by Gasteiger charge is 2.20. The minimum Gasteiger partial charge on any atom is -0.490 e. The Labute approximate surface area is 89.8 Å². The van der Waals surface area contributed by atoms with Crippen molar-refractivity contribution in [2.45, 2.75) is 32.3 Å². The topological polar surface area (TPSA) is 59.1 Å². The number of amidine groups is 1. The fourth-order valence-electron chi connectivity index (χ4n) is 1.62. The van der Waals surface area contributed by atoms with Crippen LogP contribution in [0, 0.1) is 12.3 Å². The summed E-state index contributed by atoms with van der Waals surface area (Å²) in [5.74, 6) is 0.830. The summed E-state index contributed by atoms with van der Waals surface area (Å²) in [4.78, 5) is 0. The van der Waals surface area contributed by atoms with E-state index in [4.69, 9.17) is 15.9 Å². The quantitative estimate of drug-likeness (QED) is 0.585. The van der Waals surface area contributed by atoms with E-state index in [2.05, 4.69) is 0 Å². The SMILES string of the molecule is Cc1ccc(C(=N)N)c(OC2CCC2)c1. The Morgan fingerprint density at radius 2 is 2.20 bits per heavy atom. The normalized spacial score (nSPS) is 15.8. The van der Waals surface area contributed by atoms with Crippen LogP contribution in [0.3, 0.4) is 0 Å². The molecular formula is C12H16N2O. The highest BCUT2D eigenvalue weighted by molar-refractivity contribution is 5.97. The average Bonchev–Trinajstić information content (AvgIpc) is 2.11. The van der Waals surface area contributed by atoms with Crippen LogP contribution in [0.15, 0.2) is 18.2 Å². The number of rotatable bonds is 3. The molecule has 0 amide bonds. The summed E-state index contributed by atoms with van der Waals surface area (Å²) >= 11 is 0. The molecule has 0 radical (unpaired) electrons. The zero-order valence-electron chi connectivity index (χ0n) is 8.92. The summed E-state index contributed by atoms with van der Waals surface area (Å²) < 4.78 is 5.80. The molecule has 1 aliphatic carbocycles. The summed E-state index contributed by atoms with van der Waals surface area (Å²) in [7, 11) is 0. The number of aryl methyl sites for hydroxylation is 1. The number of hydrogen-bond donors (Lipinski definition) is 2. The van der Waals surface area contributed by atoms with Crippen LogP contribution in [0.1, 0.15) is 30.4 Å². The minimum atomic E-state index is 0.0734. The fraction of sp³-hybridized carbons (Fsp3) is 0.417. The third-order valence-corrected chi connectivity index (χ3v) is 2.77. The average molecular weight is 204 g/mol. The van der Waals surface area contributed by atoms with Crippen molar-refractivity contribution in [3.05, 3.63) is 29.3 Å². The van der Waals surface area contributed by atoms with Gasteiger partial charge in [0.1, 0.15) is 11.6 Å². The molecule has 3 nitrogen and oxygen atoms in total. The molecule has 3 heteroatoms. The number of nitrogen functional groups attached to an aromatic ring is 1. The van der Waals surface area contributed by atoms with Gasteiger partial charge in [0, 0.05) is 0 Å². The Bertz CT molecular complexity index is 383. The summed E-state index contributed by atoms with van der Waals surface area (Å²) in [5, 5.41) is 7.46. The first-order valence-electron chi connectivity index (χ1n) is 5.28. The highest BCUT2D eigenvalue weighted by Crippen LogP contribution is 2.28. The number of benzene rings is 1. The van der Waals surface area contributed by atoms with E-state index in [0.717, 1.165) is 24.2 Å². The van der Waals surface area contributed by atoms with Crippen molar-refractivity contribution >= 4 is 5.84 Å². The van der Waals surface area contributed by atoms with Gasteiger partial charge in [0.2, 0.25) is 0 Å². The van der Waals surface area contributed by atoms with Crippen LogP contribution >= 0.6 is 0 Å². The van der Waals surface area contributed by atoms with Gasteiger partial charge in [0.15, 0.2) is 0 Å². The van der Waals surface area contributed by atoms with Crippen LogP contribution in [0.5, 0.6) is 5.75 Å². The second-order valence-electron chi connectivity index (χ2n) is 4.08. The Balaban J connectivity index is 2.24. The lowest BCUT2D eigenvalue weighted by Crippen LogP contribution is -2.26. The lowest BCUT2D eigenvalue weighted by molar-refractivity contribution is 0.120. The van der Waals surface area contributed by atoms with Gasteiger partial charge in [-0.2, -0.15) is 0 Å². The van der Waals surface area contributed by atoms with Crippen LogP contribution in [-0.4, -0.2) is 11.9 Å². The van der Waals surface area contributed by atoms with Gasteiger partial charge in [-0.3, -0.25) is 5.41 Å².